The van der Waals surface area contributed by atoms with E-state index in [0.717, 1.165) is 28.7 Å². The first-order chi connectivity index (χ1) is 22.4. The van der Waals surface area contributed by atoms with E-state index in [1.165, 1.54) is 6.08 Å². The molecule has 46 heavy (non-hydrogen) atoms. The number of nitrogens with one attached hydrogen (secondary N) is 2. The molecule has 5 aromatic rings. The zero-order valence-electron chi connectivity index (χ0n) is 26.2. The molecule has 0 bridgehead atoms. The first-order valence-corrected chi connectivity index (χ1v) is 15.3. The molecule has 1 amide bonds. The molecule has 11 heteroatoms. The minimum Gasteiger partial charge on any atom is -0.486 e. The quantitative estimate of drug-likeness (QED) is 0.187. The Bertz CT molecular complexity index is 1940. The predicted molar refractivity (Wildman–Crippen MR) is 178 cm³/mol. The molecule has 1 aliphatic rings. The van der Waals surface area contributed by atoms with E-state index in [4.69, 9.17) is 19.6 Å². The SMILES string of the molecule is CCc1nc2cc(O[C@@H]3CCOC3)c(NC(=O)/C=C/CN(C)C)cc2c(Nc2ccc3nn(Cc4ccccn4)cc3c2)c1C#N. The maximum atomic E-state index is 13.0. The summed E-state index contributed by atoms with van der Waals surface area (Å²) in [5, 5.41) is 23.1. The lowest BCUT2D eigenvalue weighted by atomic mass is 10.0. The lowest BCUT2D eigenvalue weighted by Crippen LogP contribution is -2.18. The summed E-state index contributed by atoms with van der Waals surface area (Å²) in [4.78, 5) is 24.2. The van der Waals surface area contributed by atoms with Gasteiger partial charge in [-0.1, -0.05) is 19.1 Å². The van der Waals surface area contributed by atoms with E-state index < -0.39 is 0 Å². The number of carbonyl (C=O) groups is 1. The van der Waals surface area contributed by atoms with Gasteiger partial charge in [-0.25, -0.2) is 0 Å². The Labute approximate surface area is 267 Å². The van der Waals surface area contributed by atoms with Gasteiger partial charge in [-0.3, -0.25) is 19.4 Å². The number of ether oxygens (including phenoxy) is 2. The molecule has 0 aliphatic carbocycles. The van der Waals surface area contributed by atoms with Crippen molar-refractivity contribution in [2.75, 3.05) is 44.5 Å². The van der Waals surface area contributed by atoms with Crippen LogP contribution in [0.3, 0.4) is 0 Å². The van der Waals surface area contributed by atoms with E-state index in [2.05, 4.69) is 21.7 Å². The second-order valence-corrected chi connectivity index (χ2v) is 11.4. The van der Waals surface area contributed by atoms with Gasteiger partial charge in [-0.2, -0.15) is 10.4 Å². The first kappa shape index (κ1) is 30.7. The first-order valence-electron chi connectivity index (χ1n) is 15.3. The Morgan fingerprint density at radius 2 is 2.11 bits per heavy atom. The van der Waals surface area contributed by atoms with E-state index in [1.807, 2.05) is 85.3 Å². The van der Waals surface area contributed by atoms with Crippen LogP contribution in [0.5, 0.6) is 5.75 Å². The van der Waals surface area contributed by atoms with Crippen molar-refractivity contribution in [3.05, 3.63) is 90.0 Å². The van der Waals surface area contributed by atoms with Crippen molar-refractivity contribution in [1.29, 1.82) is 5.26 Å². The highest BCUT2D eigenvalue weighted by atomic mass is 16.5. The van der Waals surface area contributed by atoms with E-state index in [-0.39, 0.29) is 12.0 Å². The summed E-state index contributed by atoms with van der Waals surface area (Å²) in [7, 11) is 3.87. The van der Waals surface area contributed by atoms with Crippen LogP contribution in [0.2, 0.25) is 0 Å². The van der Waals surface area contributed by atoms with Gasteiger partial charge in [0.25, 0.3) is 0 Å². The average Bonchev–Trinajstić information content (AvgIpc) is 3.71. The third-order valence-electron chi connectivity index (χ3n) is 7.66. The lowest BCUT2D eigenvalue weighted by molar-refractivity contribution is -0.111. The van der Waals surface area contributed by atoms with Gasteiger partial charge in [0.15, 0.2) is 0 Å². The van der Waals surface area contributed by atoms with Gasteiger partial charge in [0.1, 0.15) is 17.9 Å². The summed E-state index contributed by atoms with van der Waals surface area (Å²) in [6.07, 6.45) is 8.24. The summed E-state index contributed by atoms with van der Waals surface area (Å²) in [5.41, 5.74) is 5.42. The molecule has 234 valence electrons. The topological polar surface area (TPSA) is 130 Å². The van der Waals surface area contributed by atoms with Crippen molar-refractivity contribution in [3.8, 4) is 11.8 Å². The number of benzene rings is 2. The van der Waals surface area contributed by atoms with Gasteiger partial charge in [-0.15, -0.1) is 0 Å². The Kier molecular flexibility index (Phi) is 9.19. The summed E-state index contributed by atoms with van der Waals surface area (Å²) >= 11 is 0. The van der Waals surface area contributed by atoms with Crippen LogP contribution in [-0.2, 0) is 22.5 Å². The molecule has 1 aliphatic heterocycles. The number of fused-ring (bicyclic) bond motifs is 2. The maximum Gasteiger partial charge on any atom is 0.248 e. The van der Waals surface area contributed by atoms with Crippen LogP contribution in [0.1, 0.15) is 30.3 Å². The number of aromatic nitrogens is 4. The minimum absolute atomic E-state index is 0.135. The van der Waals surface area contributed by atoms with E-state index in [1.54, 1.807) is 12.3 Å². The van der Waals surface area contributed by atoms with E-state index >= 15 is 0 Å². The smallest absolute Gasteiger partial charge is 0.248 e. The number of pyridine rings is 2. The van der Waals surface area contributed by atoms with Crippen molar-refractivity contribution in [1.82, 2.24) is 24.6 Å². The Hall–Kier alpha value is -5.31. The fourth-order valence-corrected chi connectivity index (χ4v) is 5.41. The van der Waals surface area contributed by atoms with Gasteiger partial charge in [-0.05, 0) is 56.9 Å². The van der Waals surface area contributed by atoms with Crippen molar-refractivity contribution >= 4 is 44.8 Å². The number of rotatable bonds is 11. The fraction of sp³-hybridized carbons (Fsp3) is 0.286. The molecule has 2 aromatic carbocycles. The Morgan fingerprint density at radius 1 is 1.22 bits per heavy atom. The number of amides is 1. The second kappa shape index (κ2) is 13.8. The van der Waals surface area contributed by atoms with Crippen molar-refractivity contribution < 1.29 is 14.3 Å². The maximum absolute atomic E-state index is 13.0. The van der Waals surface area contributed by atoms with Gasteiger partial charge >= 0.3 is 0 Å². The molecule has 0 unspecified atom stereocenters. The number of hydrogen-bond donors (Lipinski definition) is 2. The monoisotopic (exact) mass is 616 g/mol. The summed E-state index contributed by atoms with van der Waals surface area (Å²) in [5.74, 6) is 0.222. The minimum atomic E-state index is -0.282. The number of nitrogens with zero attached hydrogens (tertiary/aromatic N) is 6. The van der Waals surface area contributed by atoms with Gasteiger partial charge in [0.05, 0.1) is 59.1 Å². The highest BCUT2D eigenvalue weighted by Gasteiger charge is 2.22. The number of likely N-dealkylation sites (N-methyl/N-ethyl adjacent to an activating group) is 1. The molecule has 0 radical (unpaired) electrons. The van der Waals surface area contributed by atoms with Crippen LogP contribution in [-0.4, -0.2) is 70.5 Å². The molecule has 0 spiro atoms. The molecule has 3 aromatic heterocycles. The third-order valence-corrected chi connectivity index (χ3v) is 7.66. The van der Waals surface area contributed by atoms with Crippen molar-refractivity contribution in [2.24, 2.45) is 0 Å². The third kappa shape index (κ3) is 6.99. The van der Waals surface area contributed by atoms with Crippen molar-refractivity contribution in [2.45, 2.75) is 32.4 Å². The molecule has 6 rings (SSSR count). The zero-order chi connectivity index (χ0) is 32.0. The second-order valence-electron chi connectivity index (χ2n) is 11.4. The summed E-state index contributed by atoms with van der Waals surface area (Å²) in [6.45, 7) is 4.26. The Balaban J connectivity index is 1.39. The van der Waals surface area contributed by atoms with Gasteiger partial charge in [0.2, 0.25) is 5.91 Å². The molecule has 1 saturated heterocycles. The Morgan fingerprint density at radius 3 is 2.85 bits per heavy atom. The fourth-order valence-electron chi connectivity index (χ4n) is 5.41. The molecular formula is C35H36N8O3. The standard InChI is InChI=1S/C35H36N8O3/c1-4-29-28(19-36)35(38-24-10-11-30-23(16-24)20-43(41-30)21-25-8-5-6-13-37-25)27-17-32(40-34(44)9-7-14-42(2)3)33(18-31(27)39-29)46-26-12-15-45-22-26/h5-11,13,16-18,20,26H,4,12,14-15,21-22H2,1-3H3,(H,38,39)(H,40,44)/b9-7+/t26-/m1/s1. The number of aryl methyl sites for hydroxylation is 1. The van der Waals surface area contributed by atoms with Crippen LogP contribution in [0.25, 0.3) is 21.8 Å². The summed E-state index contributed by atoms with van der Waals surface area (Å²) < 4.78 is 13.7. The average molecular weight is 617 g/mol. The molecule has 0 saturated carbocycles. The number of carbonyl (C=O) groups excluding carboxylic acids is 1. The van der Waals surface area contributed by atoms with E-state index in [0.29, 0.717) is 72.0 Å². The highest BCUT2D eigenvalue weighted by molar-refractivity contribution is 6.05. The molecule has 1 atom stereocenters. The lowest BCUT2D eigenvalue weighted by Gasteiger charge is -2.19. The predicted octanol–water partition coefficient (Wildman–Crippen LogP) is 5.43. The molecule has 4 heterocycles. The largest absolute Gasteiger partial charge is 0.486 e. The highest BCUT2D eigenvalue weighted by Crippen LogP contribution is 2.38. The molecule has 11 nitrogen and oxygen atoms in total. The van der Waals surface area contributed by atoms with Gasteiger partial charge in [0, 0.05) is 54.0 Å². The van der Waals surface area contributed by atoms with E-state index in [9.17, 15) is 10.1 Å². The number of nitriles is 1. The number of hydrogen-bond acceptors (Lipinski definition) is 9. The molecule has 1 fully saturated rings. The normalized spacial score (nSPS) is 14.7. The van der Waals surface area contributed by atoms with Crippen LogP contribution < -0.4 is 15.4 Å². The number of anilines is 3. The van der Waals surface area contributed by atoms with Crippen LogP contribution in [0, 0.1) is 11.3 Å². The van der Waals surface area contributed by atoms with Crippen LogP contribution in [0.15, 0.2) is 73.1 Å². The molecule has 2 N–H and O–H groups in total. The molecular weight excluding hydrogens is 580 g/mol. The zero-order valence-corrected chi connectivity index (χ0v) is 26.2. The summed E-state index contributed by atoms with van der Waals surface area (Å²) in [6, 6.07) is 17.7. The van der Waals surface area contributed by atoms with Gasteiger partial charge < -0.3 is 25.0 Å². The van der Waals surface area contributed by atoms with Crippen LogP contribution >= 0.6 is 0 Å². The van der Waals surface area contributed by atoms with Crippen molar-refractivity contribution in [3.63, 3.8) is 0 Å². The van der Waals surface area contributed by atoms with Crippen LogP contribution in [0.4, 0.5) is 17.1 Å².